The number of hydrogen-bond acceptors (Lipinski definition) is 5. The van der Waals surface area contributed by atoms with E-state index >= 15 is 0 Å². The molecule has 2 atom stereocenters. The molecule has 3 aliphatic rings. The summed E-state index contributed by atoms with van der Waals surface area (Å²) >= 11 is 0. The first kappa shape index (κ1) is 18.5. The predicted octanol–water partition coefficient (Wildman–Crippen LogP) is 2.57. The van der Waals surface area contributed by atoms with Gasteiger partial charge in [-0.25, -0.2) is 4.79 Å². The van der Waals surface area contributed by atoms with E-state index in [1.807, 2.05) is 32.6 Å². The van der Waals surface area contributed by atoms with Crippen LogP contribution in [-0.4, -0.2) is 55.3 Å². The molecule has 3 fully saturated rings. The van der Waals surface area contributed by atoms with Crippen molar-refractivity contribution in [3.63, 3.8) is 0 Å². The van der Waals surface area contributed by atoms with Crippen molar-refractivity contribution in [3.05, 3.63) is 0 Å². The molecule has 2 saturated heterocycles. The van der Waals surface area contributed by atoms with Crippen molar-refractivity contribution in [1.29, 1.82) is 0 Å². The third-order valence-electron chi connectivity index (χ3n) is 6.36. The van der Waals surface area contributed by atoms with Gasteiger partial charge in [0.1, 0.15) is 5.60 Å². The maximum atomic E-state index is 12.7. The number of ether oxygens (including phenoxy) is 2. The van der Waals surface area contributed by atoms with Crippen LogP contribution >= 0.6 is 0 Å². The van der Waals surface area contributed by atoms with Gasteiger partial charge < -0.3 is 19.7 Å². The van der Waals surface area contributed by atoms with Gasteiger partial charge in [0.15, 0.2) is 0 Å². The monoisotopic (exact) mass is 352 g/mol. The molecule has 1 aliphatic carbocycles. The van der Waals surface area contributed by atoms with Crippen molar-refractivity contribution in [2.75, 3.05) is 32.8 Å². The molecule has 0 bridgehead atoms. The molecular formula is C19H32N2O4. The molecule has 1 N–H and O–H groups in total. The lowest BCUT2D eigenvalue weighted by Crippen LogP contribution is -2.48. The summed E-state index contributed by atoms with van der Waals surface area (Å²) in [5.41, 5.74) is -0.674. The number of carbonyl (C=O) groups excluding carboxylic acids is 2. The molecule has 6 nitrogen and oxygen atoms in total. The van der Waals surface area contributed by atoms with E-state index in [9.17, 15) is 9.59 Å². The van der Waals surface area contributed by atoms with Crippen LogP contribution in [0.2, 0.25) is 0 Å². The van der Waals surface area contributed by atoms with Gasteiger partial charge >= 0.3 is 12.1 Å². The minimum absolute atomic E-state index is 0.0311. The molecule has 2 heterocycles. The van der Waals surface area contributed by atoms with E-state index in [2.05, 4.69) is 5.32 Å². The maximum Gasteiger partial charge on any atom is 0.410 e. The zero-order chi connectivity index (χ0) is 18.3. The summed E-state index contributed by atoms with van der Waals surface area (Å²) < 4.78 is 10.9. The number of esters is 1. The second-order valence-electron chi connectivity index (χ2n) is 8.89. The Morgan fingerprint density at radius 2 is 1.84 bits per heavy atom. The summed E-state index contributed by atoms with van der Waals surface area (Å²) in [6.45, 7) is 11.0. The molecule has 0 aromatic heterocycles. The van der Waals surface area contributed by atoms with Gasteiger partial charge in [-0.3, -0.25) is 4.79 Å². The molecular weight excluding hydrogens is 320 g/mol. The van der Waals surface area contributed by atoms with Crippen LogP contribution in [0.5, 0.6) is 0 Å². The Labute approximate surface area is 150 Å². The summed E-state index contributed by atoms with van der Waals surface area (Å²) in [4.78, 5) is 26.8. The van der Waals surface area contributed by atoms with Crippen molar-refractivity contribution in [2.24, 2.45) is 16.7 Å². The van der Waals surface area contributed by atoms with E-state index in [0.717, 1.165) is 38.8 Å². The van der Waals surface area contributed by atoms with Gasteiger partial charge in [0.05, 0.1) is 12.0 Å². The molecule has 1 spiro atoms. The van der Waals surface area contributed by atoms with Crippen LogP contribution in [0.3, 0.4) is 0 Å². The molecule has 0 aromatic carbocycles. The SMILES string of the molecule is CCOC(=O)[C@]12CCC3(CCN(C(=O)OC(C)(C)C)CC3)[C@@H]1CNC2. The van der Waals surface area contributed by atoms with Gasteiger partial charge in [0.25, 0.3) is 0 Å². The number of fused-ring (bicyclic) bond motifs is 2. The lowest BCUT2D eigenvalue weighted by atomic mass is 9.66. The van der Waals surface area contributed by atoms with Gasteiger partial charge in [-0.15, -0.1) is 0 Å². The normalized spacial score (nSPS) is 31.0. The van der Waals surface area contributed by atoms with E-state index < -0.39 is 5.60 Å². The highest BCUT2D eigenvalue weighted by molar-refractivity contribution is 5.79. The number of piperidine rings is 1. The minimum atomic E-state index is -0.464. The smallest absolute Gasteiger partial charge is 0.410 e. The van der Waals surface area contributed by atoms with Gasteiger partial charge in [-0.1, -0.05) is 0 Å². The molecule has 0 unspecified atom stereocenters. The topological polar surface area (TPSA) is 67.9 Å². The minimum Gasteiger partial charge on any atom is -0.466 e. The Hall–Kier alpha value is -1.30. The van der Waals surface area contributed by atoms with Crippen LogP contribution in [0.15, 0.2) is 0 Å². The fourth-order valence-electron chi connectivity index (χ4n) is 5.12. The first-order valence-electron chi connectivity index (χ1n) is 9.58. The fraction of sp³-hybridized carbons (Fsp3) is 0.895. The molecule has 0 aromatic rings. The van der Waals surface area contributed by atoms with Crippen LogP contribution in [-0.2, 0) is 14.3 Å². The average molecular weight is 352 g/mol. The van der Waals surface area contributed by atoms with Crippen LogP contribution in [0.4, 0.5) is 4.79 Å². The quantitative estimate of drug-likeness (QED) is 0.774. The zero-order valence-corrected chi connectivity index (χ0v) is 16.0. The first-order valence-corrected chi connectivity index (χ1v) is 9.58. The average Bonchev–Trinajstić information content (AvgIpc) is 3.08. The predicted molar refractivity (Wildman–Crippen MR) is 94.1 cm³/mol. The van der Waals surface area contributed by atoms with Crippen LogP contribution in [0, 0.1) is 16.7 Å². The second-order valence-corrected chi connectivity index (χ2v) is 8.89. The highest BCUT2D eigenvalue weighted by Gasteiger charge is 2.63. The summed E-state index contributed by atoms with van der Waals surface area (Å²) in [6.07, 6.45) is 3.62. The number of nitrogens with zero attached hydrogens (tertiary/aromatic N) is 1. The highest BCUT2D eigenvalue weighted by atomic mass is 16.6. The highest BCUT2D eigenvalue weighted by Crippen LogP contribution is 2.60. The van der Waals surface area contributed by atoms with Crippen LogP contribution in [0.1, 0.15) is 53.4 Å². The number of rotatable bonds is 2. The molecule has 3 rings (SSSR count). The van der Waals surface area contributed by atoms with Crippen molar-refractivity contribution in [3.8, 4) is 0 Å². The van der Waals surface area contributed by atoms with E-state index in [-0.39, 0.29) is 22.9 Å². The lowest BCUT2D eigenvalue weighted by molar-refractivity contribution is -0.157. The Balaban J connectivity index is 1.67. The van der Waals surface area contributed by atoms with Gasteiger partial charge in [-0.2, -0.15) is 0 Å². The van der Waals surface area contributed by atoms with E-state index in [1.54, 1.807) is 0 Å². The maximum absolute atomic E-state index is 12.7. The van der Waals surface area contributed by atoms with Crippen LogP contribution in [0.25, 0.3) is 0 Å². The zero-order valence-electron chi connectivity index (χ0n) is 16.0. The molecule has 2 aliphatic heterocycles. The Bertz CT molecular complexity index is 534. The number of likely N-dealkylation sites (tertiary alicyclic amines) is 1. The van der Waals surface area contributed by atoms with Crippen molar-refractivity contribution in [1.82, 2.24) is 10.2 Å². The van der Waals surface area contributed by atoms with Gasteiger partial charge in [0.2, 0.25) is 0 Å². The van der Waals surface area contributed by atoms with E-state index in [4.69, 9.17) is 9.47 Å². The summed E-state index contributed by atoms with van der Waals surface area (Å²) in [7, 11) is 0. The van der Waals surface area contributed by atoms with Crippen molar-refractivity contribution >= 4 is 12.1 Å². The third-order valence-corrected chi connectivity index (χ3v) is 6.36. The molecule has 6 heteroatoms. The first-order chi connectivity index (χ1) is 11.7. The largest absolute Gasteiger partial charge is 0.466 e. The Morgan fingerprint density at radius 1 is 1.16 bits per heavy atom. The van der Waals surface area contributed by atoms with Gasteiger partial charge in [0, 0.05) is 19.6 Å². The summed E-state index contributed by atoms with van der Waals surface area (Å²) in [6, 6.07) is 0. The molecule has 25 heavy (non-hydrogen) atoms. The Morgan fingerprint density at radius 3 is 2.44 bits per heavy atom. The number of nitrogens with one attached hydrogen (secondary N) is 1. The van der Waals surface area contributed by atoms with Crippen molar-refractivity contribution in [2.45, 2.75) is 59.0 Å². The van der Waals surface area contributed by atoms with Gasteiger partial charge in [-0.05, 0) is 71.3 Å². The number of amides is 1. The molecule has 1 amide bonds. The molecule has 142 valence electrons. The molecule has 1 saturated carbocycles. The van der Waals surface area contributed by atoms with E-state index in [1.165, 1.54) is 0 Å². The summed E-state index contributed by atoms with van der Waals surface area (Å²) in [5.74, 6) is 0.288. The second kappa shape index (κ2) is 6.45. The van der Waals surface area contributed by atoms with Crippen molar-refractivity contribution < 1.29 is 19.1 Å². The third kappa shape index (κ3) is 3.25. The van der Waals surface area contributed by atoms with E-state index in [0.29, 0.717) is 25.6 Å². The summed E-state index contributed by atoms with van der Waals surface area (Å²) in [5, 5.41) is 3.43. The fourth-order valence-corrected chi connectivity index (χ4v) is 5.12. The van der Waals surface area contributed by atoms with Crippen LogP contribution < -0.4 is 5.32 Å². The standard InChI is InChI=1S/C19H32N2O4/c1-5-24-15(22)19-7-6-18(14(19)12-20-13-19)8-10-21(11-9-18)16(23)25-17(2,3)4/h14,20H,5-13H2,1-4H3/t14-,19-/m0/s1. The Kier molecular flexibility index (Phi) is 4.77. The number of carbonyl (C=O) groups is 2. The molecule has 0 radical (unpaired) electrons. The number of hydrogen-bond donors (Lipinski definition) is 1. The lowest BCUT2D eigenvalue weighted by Gasteiger charge is -2.44.